The maximum Gasteiger partial charge on any atom is 0.336 e. The Balaban J connectivity index is 1.40. The monoisotopic (exact) mass is 784 g/mol. The van der Waals surface area contributed by atoms with Gasteiger partial charge in [0.1, 0.15) is 23.9 Å². The highest BCUT2D eigenvalue weighted by atomic mass is 16.6. The number of benzene rings is 1. The summed E-state index contributed by atoms with van der Waals surface area (Å²) in [5.74, 6) is -0.997. The molecule has 2 saturated heterocycles. The number of aromatic nitrogens is 2. The molecule has 56 heavy (non-hydrogen) atoms. The zero-order chi connectivity index (χ0) is 40.5. The fourth-order valence-electron chi connectivity index (χ4n) is 7.07. The number of nitrogens with zero attached hydrogens (tertiary/aromatic N) is 5. The van der Waals surface area contributed by atoms with Gasteiger partial charge in [0.2, 0.25) is 0 Å². The zero-order valence-electron chi connectivity index (χ0n) is 32.3. The van der Waals surface area contributed by atoms with Gasteiger partial charge >= 0.3 is 23.3 Å². The molecule has 0 radical (unpaired) electrons. The van der Waals surface area contributed by atoms with E-state index in [2.05, 4.69) is 4.98 Å². The molecule has 0 saturated carbocycles. The van der Waals surface area contributed by atoms with Crippen molar-refractivity contribution < 1.29 is 43.2 Å². The van der Waals surface area contributed by atoms with Gasteiger partial charge in [0.05, 0.1) is 32.8 Å². The summed E-state index contributed by atoms with van der Waals surface area (Å²) in [7, 11) is 0. The highest BCUT2D eigenvalue weighted by Crippen LogP contribution is 2.29. The summed E-state index contributed by atoms with van der Waals surface area (Å²) < 4.78 is 23.0. The molecule has 2 fully saturated rings. The van der Waals surface area contributed by atoms with Crippen molar-refractivity contribution >= 4 is 28.7 Å². The molecule has 3 N–H and O–H groups in total. The van der Waals surface area contributed by atoms with Crippen LogP contribution in [0.25, 0.3) is 11.0 Å². The number of Topliss-reactive ketones (excluding diaryl/α,β-unsaturated/α-hetero) is 1. The molecule has 0 amide bonds. The molecular weight excluding hydrogens is 732 g/mol. The van der Waals surface area contributed by atoms with Gasteiger partial charge in [-0.2, -0.15) is 0 Å². The van der Waals surface area contributed by atoms with E-state index >= 15 is 0 Å². The molecule has 3 aromatic rings. The van der Waals surface area contributed by atoms with E-state index in [-0.39, 0.29) is 45.2 Å². The fraction of sp³-hybridized carbons (Fsp3) is 0.579. The van der Waals surface area contributed by atoms with Crippen LogP contribution in [0.2, 0.25) is 0 Å². The Morgan fingerprint density at radius 3 is 1.88 bits per heavy atom. The molecule has 1 aromatic carbocycles. The standard InChI is InChI=1S/C38H52N6O12/c1-5-53-33(48)22-42-13-10-40(20-28(45)26-19-29-27(17-24(26)3)25(4)18-32(47)55-29)9-11-41(12-14-43(16-15-42)23-34(49)54-6-2)21-30-35(50)36(51)37(56-30)44-8-7-31(46)39-38(44)52/h7-8,17-19,30,35-37,50-51H,5-6,9-16,20-23H2,1-4H3,(H,39,46,52)/t30-,35-,36-,37-/m1/s1. The topological polar surface area (TPSA) is 217 Å². The number of rotatable bonds is 12. The summed E-state index contributed by atoms with van der Waals surface area (Å²) in [4.78, 5) is 85.5. The first-order valence-electron chi connectivity index (χ1n) is 18.9. The number of aryl methyl sites for hydroxylation is 2. The molecule has 4 atom stereocenters. The van der Waals surface area contributed by atoms with E-state index in [0.717, 1.165) is 27.1 Å². The average molecular weight is 785 g/mol. The van der Waals surface area contributed by atoms with Crippen LogP contribution in [0.4, 0.5) is 0 Å². The highest BCUT2D eigenvalue weighted by Gasteiger charge is 2.44. The van der Waals surface area contributed by atoms with E-state index in [4.69, 9.17) is 18.6 Å². The first kappa shape index (κ1) is 42.6. The van der Waals surface area contributed by atoms with Crippen molar-refractivity contribution in [1.29, 1.82) is 0 Å². The Bertz CT molecular complexity index is 2030. The van der Waals surface area contributed by atoms with Crippen LogP contribution in [0.15, 0.2) is 49.3 Å². The quantitative estimate of drug-likeness (QED) is 0.115. The lowest BCUT2D eigenvalue weighted by Crippen LogP contribution is -2.50. The summed E-state index contributed by atoms with van der Waals surface area (Å²) in [5.41, 5.74) is 0.263. The minimum absolute atomic E-state index is 0.00121. The summed E-state index contributed by atoms with van der Waals surface area (Å²) in [5, 5.41) is 22.8. The maximum atomic E-state index is 14.0. The molecule has 18 nitrogen and oxygen atoms in total. The summed E-state index contributed by atoms with van der Waals surface area (Å²) in [6, 6.07) is 5.96. The maximum absolute atomic E-state index is 14.0. The van der Waals surface area contributed by atoms with Crippen LogP contribution in [0, 0.1) is 13.8 Å². The molecule has 2 aliphatic heterocycles. The number of carbonyl (C=O) groups excluding carboxylic acids is 3. The van der Waals surface area contributed by atoms with E-state index in [1.807, 2.05) is 32.6 Å². The van der Waals surface area contributed by atoms with Crippen molar-refractivity contribution in [3.8, 4) is 0 Å². The number of H-pyrrole nitrogens is 1. The Hall–Kier alpha value is -4.56. The van der Waals surface area contributed by atoms with Gasteiger partial charge in [0.25, 0.3) is 5.56 Å². The lowest BCUT2D eigenvalue weighted by Gasteiger charge is -2.34. The second-order valence-electron chi connectivity index (χ2n) is 14.1. The van der Waals surface area contributed by atoms with Gasteiger partial charge in [-0.1, -0.05) is 0 Å². The number of ether oxygens (including phenoxy) is 3. The van der Waals surface area contributed by atoms with E-state index < -0.39 is 53.4 Å². The van der Waals surface area contributed by atoms with Crippen molar-refractivity contribution in [2.75, 3.05) is 91.8 Å². The van der Waals surface area contributed by atoms with Crippen LogP contribution in [0.3, 0.4) is 0 Å². The van der Waals surface area contributed by atoms with Gasteiger partial charge in [0.15, 0.2) is 12.0 Å². The van der Waals surface area contributed by atoms with Crippen LogP contribution in [-0.4, -0.2) is 167 Å². The number of aliphatic hydroxyl groups excluding tert-OH is 2. The number of hydrogen-bond donors (Lipinski definition) is 3. The summed E-state index contributed by atoms with van der Waals surface area (Å²) in [6.45, 7) is 10.6. The lowest BCUT2D eigenvalue weighted by atomic mass is 10.00. The Labute approximate surface area is 323 Å². The number of ketones is 1. The Morgan fingerprint density at radius 1 is 0.768 bits per heavy atom. The first-order chi connectivity index (χ1) is 26.8. The van der Waals surface area contributed by atoms with Gasteiger partial charge in [-0.05, 0) is 51.0 Å². The number of hydrogen-bond acceptors (Lipinski definition) is 16. The number of aliphatic hydroxyl groups is 2. The van der Waals surface area contributed by atoms with Gasteiger partial charge in [-0.25, -0.2) is 9.59 Å². The third kappa shape index (κ3) is 11.1. The molecule has 2 aliphatic rings. The molecule has 18 heteroatoms. The van der Waals surface area contributed by atoms with Crippen molar-refractivity contribution in [2.24, 2.45) is 0 Å². The first-order valence-corrected chi connectivity index (χ1v) is 18.9. The number of esters is 2. The minimum Gasteiger partial charge on any atom is -0.465 e. The summed E-state index contributed by atoms with van der Waals surface area (Å²) >= 11 is 0. The van der Waals surface area contributed by atoms with Gasteiger partial charge in [-0.15, -0.1) is 0 Å². The fourth-order valence-corrected chi connectivity index (χ4v) is 7.07. The number of fused-ring (bicyclic) bond motifs is 1. The van der Waals surface area contributed by atoms with Gasteiger partial charge < -0.3 is 28.8 Å². The molecule has 0 unspecified atom stereocenters. The lowest BCUT2D eigenvalue weighted by molar-refractivity contribution is -0.146. The molecule has 2 aromatic heterocycles. The van der Waals surface area contributed by atoms with E-state index in [1.165, 1.54) is 12.3 Å². The minimum atomic E-state index is -1.48. The smallest absolute Gasteiger partial charge is 0.336 e. The van der Waals surface area contributed by atoms with Crippen LogP contribution in [-0.2, 0) is 23.8 Å². The van der Waals surface area contributed by atoms with E-state index in [1.54, 1.807) is 26.8 Å². The number of carbonyl (C=O) groups is 3. The molecule has 306 valence electrons. The second kappa shape index (κ2) is 19.5. The molecule has 0 aliphatic carbocycles. The van der Waals surface area contributed by atoms with Crippen LogP contribution in [0.5, 0.6) is 0 Å². The number of aromatic amines is 1. The van der Waals surface area contributed by atoms with Crippen molar-refractivity contribution in [3.05, 3.63) is 78.4 Å². The largest absolute Gasteiger partial charge is 0.465 e. The third-order valence-corrected chi connectivity index (χ3v) is 10.1. The molecule has 0 spiro atoms. The SMILES string of the molecule is CCOC(=O)CN1CCN(CC(=O)OCC)CCN(C[C@H]2O[C@@H](n3ccc(=O)[nH]c3=O)[C@H](O)[C@@H]2O)CCN(CC(=O)c2cc3oc(=O)cc(C)c3cc2C)CC1. The Morgan fingerprint density at radius 2 is 1.32 bits per heavy atom. The van der Waals surface area contributed by atoms with Gasteiger partial charge in [-0.3, -0.25) is 48.3 Å². The predicted molar refractivity (Wildman–Crippen MR) is 203 cm³/mol. The molecule has 0 bridgehead atoms. The summed E-state index contributed by atoms with van der Waals surface area (Å²) in [6.07, 6.45) is -3.88. The molecule has 5 rings (SSSR count). The van der Waals surface area contributed by atoms with Crippen LogP contribution in [0.1, 0.15) is 41.6 Å². The van der Waals surface area contributed by atoms with Crippen LogP contribution < -0.4 is 16.9 Å². The second-order valence-corrected chi connectivity index (χ2v) is 14.1. The molecular formula is C38H52N6O12. The van der Waals surface area contributed by atoms with Crippen molar-refractivity contribution in [1.82, 2.24) is 29.2 Å². The van der Waals surface area contributed by atoms with Gasteiger partial charge in [0, 0.05) is 88.2 Å². The van der Waals surface area contributed by atoms with E-state index in [9.17, 15) is 39.0 Å². The van der Waals surface area contributed by atoms with Crippen LogP contribution >= 0.6 is 0 Å². The third-order valence-electron chi connectivity index (χ3n) is 10.1. The normalized spacial score (nSPS) is 22.4. The molecule has 4 heterocycles. The highest BCUT2D eigenvalue weighted by molar-refractivity contribution is 6.02. The zero-order valence-corrected chi connectivity index (χ0v) is 32.3. The predicted octanol–water partition coefficient (Wildman–Crippen LogP) is -0.890. The van der Waals surface area contributed by atoms with Crippen molar-refractivity contribution in [3.63, 3.8) is 0 Å². The number of nitrogens with one attached hydrogen (secondary N) is 1. The average Bonchev–Trinajstić information content (AvgIpc) is 3.41. The Kier molecular flexibility index (Phi) is 14.9. The van der Waals surface area contributed by atoms with Crippen molar-refractivity contribution in [2.45, 2.75) is 52.2 Å². The van der Waals surface area contributed by atoms with E-state index in [0.29, 0.717) is 63.5 Å².